The van der Waals surface area contributed by atoms with E-state index < -0.39 is 0 Å². The Morgan fingerprint density at radius 2 is 2.05 bits per heavy atom. The minimum Gasteiger partial charge on any atom is -0.382 e. The summed E-state index contributed by atoms with van der Waals surface area (Å²) >= 11 is 1.21. The Kier molecular flexibility index (Phi) is 4.43. The van der Waals surface area contributed by atoms with E-state index in [1.165, 1.54) is 11.3 Å². The van der Waals surface area contributed by atoms with Gasteiger partial charge < -0.3 is 20.9 Å². The molecule has 1 aliphatic heterocycles. The van der Waals surface area contributed by atoms with Crippen molar-refractivity contribution in [3.8, 4) is 0 Å². The van der Waals surface area contributed by atoms with E-state index in [1.807, 2.05) is 14.1 Å². The number of carbonyl (C=O) groups excluding carboxylic acids is 2. The average Bonchev–Trinajstić information content (AvgIpc) is 3.04. The summed E-state index contributed by atoms with van der Waals surface area (Å²) in [6.45, 7) is 1.57. The number of hydrogen-bond acceptors (Lipinski definition) is 6. The van der Waals surface area contributed by atoms with E-state index in [2.05, 4.69) is 10.3 Å². The fourth-order valence-electron chi connectivity index (χ4n) is 1.99. The summed E-state index contributed by atoms with van der Waals surface area (Å²) in [5, 5.41) is 3.28. The van der Waals surface area contributed by atoms with Crippen LogP contribution in [0.15, 0.2) is 0 Å². The van der Waals surface area contributed by atoms with Gasteiger partial charge in [-0.1, -0.05) is 11.3 Å². The summed E-state index contributed by atoms with van der Waals surface area (Å²) in [4.78, 5) is 31.9. The molecule has 0 aromatic carbocycles. The zero-order valence-corrected chi connectivity index (χ0v) is 12.5. The Hall–Kier alpha value is -1.83. The number of nitrogens with zero attached hydrogens (tertiary/aromatic N) is 3. The molecule has 0 saturated carbocycles. The van der Waals surface area contributed by atoms with Crippen molar-refractivity contribution in [2.24, 2.45) is 0 Å². The third-order valence-corrected chi connectivity index (χ3v) is 4.33. The van der Waals surface area contributed by atoms with Gasteiger partial charge in [-0.05, 0) is 12.8 Å². The van der Waals surface area contributed by atoms with Crippen molar-refractivity contribution in [1.29, 1.82) is 0 Å². The smallest absolute Gasteiger partial charge is 0.265 e. The van der Waals surface area contributed by atoms with Crippen LogP contribution >= 0.6 is 11.3 Å². The van der Waals surface area contributed by atoms with Crippen molar-refractivity contribution in [1.82, 2.24) is 15.2 Å². The van der Waals surface area contributed by atoms with Gasteiger partial charge in [-0.15, -0.1) is 0 Å². The summed E-state index contributed by atoms with van der Waals surface area (Å²) < 4.78 is 0. The van der Waals surface area contributed by atoms with Crippen LogP contribution in [-0.2, 0) is 4.79 Å². The number of anilines is 2. The number of amides is 2. The molecule has 1 aliphatic rings. The van der Waals surface area contributed by atoms with Gasteiger partial charge >= 0.3 is 0 Å². The van der Waals surface area contributed by atoms with Gasteiger partial charge in [0.1, 0.15) is 10.7 Å². The van der Waals surface area contributed by atoms with Crippen LogP contribution in [0.5, 0.6) is 0 Å². The molecule has 1 aromatic heterocycles. The average molecular weight is 297 g/mol. The number of rotatable bonds is 4. The first-order chi connectivity index (χ1) is 9.49. The van der Waals surface area contributed by atoms with E-state index >= 15 is 0 Å². The van der Waals surface area contributed by atoms with Crippen molar-refractivity contribution >= 4 is 34.1 Å². The summed E-state index contributed by atoms with van der Waals surface area (Å²) in [5.74, 6) is -0.197. The molecule has 8 heteroatoms. The van der Waals surface area contributed by atoms with E-state index in [0.29, 0.717) is 10.0 Å². The van der Waals surface area contributed by atoms with Crippen LogP contribution in [0.1, 0.15) is 22.5 Å². The summed E-state index contributed by atoms with van der Waals surface area (Å²) in [5.41, 5.74) is 5.73. The van der Waals surface area contributed by atoms with Crippen LogP contribution in [0.3, 0.4) is 0 Å². The second-order valence-electron chi connectivity index (χ2n) is 4.88. The highest BCUT2D eigenvalue weighted by molar-refractivity contribution is 7.18. The van der Waals surface area contributed by atoms with Crippen molar-refractivity contribution in [3.63, 3.8) is 0 Å². The van der Waals surface area contributed by atoms with Gasteiger partial charge in [-0.3, -0.25) is 9.59 Å². The highest BCUT2D eigenvalue weighted by atomic mass is 32.1. The first kappa shape index (κ1) is 14.6. The predicted octanol–water partition coefficient (Wildman–Crippen LogP) is 0.143. The van der Waals surface area contributed by atoms with Gasteiger partial charge in [0.15, 0.2) is 5.13 Å². The number of nitrogens with one attached hydrogen (secondary N) is 1. The van der Waals surface area contributed by atoms with E-state index in [9.17, 15) is 9.59 Å². The zero-order chi connectivity index (χ0) is 14.7. The topological polar surface area (TPSA) is 91.6 Å². The van der Waals surface area contributed by atoms with Crippen LogP contribution in [0, 0.1) is 0 Å². The Morgan fingerprint density at radius 3 is 2.60 bits per heavy atom. The Balaban J connectivity index is 1.93. The molecule has 2 amide bonds. The van der Waals surface area contributed by atoms with E-state index in [0.717, 1.165) is 25.9 Å². The number of nitrogens with two attached hydrogens (primary N) is 1. The zero-order valence-electron chi connectivity index (χ0n) is 11.7. The van der Waals surface area contributed by atoms with E-state index in [-0.39, 0.29) is 24.2 Å². The molecule has 1 aromatic rings. The minimum absolute atomic E-state index is 0.00741. The van der Waals surface area contributed by atoms with Gasteiger partial charge in [0.05, 0.1) is 6.54 Å². The molecule has 0 spiro atoms. The third kappa shape index (κ3) is 3.19. The van der Waals surface area contributed by atoms with Gasteiger partial charge in [0.2, 0.25) is 5.91 Å². The molecule has 0 aliphatic carbocycles. The summed E-state index contributed by atoms with van der Waals surface area (Å²) in [6, 6.07) is 0. The molecular formula is C12H19N5O2S. The molecule has 1 saturated heterocycles. The molecule has 0 radical (unpaired) electrons. The molecular weight excluding hydrogens is 278 g/mol. The summed E-state index contributed by atoms with van der Waals surface area (Å²) in [6.07, 6.45) is 2.07. The number of thiazole rings is 1. The van der Waals surface area contributed by atoms with Gasteiger partial charge in [-0.25, -0.2) is 4.98 Å². The lowest BCUT2D eigenvalue weighted by Crippen LogP contribution is -2.38. The second kappa shape index (κ2) is 6.08. The fraction of sp³-hybridized carbons (Fsp3) is 0.583. The van der Waals surface area contributed by atoms with Crippen molar-refractivity contribution in [2.75, 3.05) is 44.4 Å². The maximum atomic E-state index is 12.0. The van der Waals surface area contributed by atoms with Crippen molar-refractivity contribution in [2.45, 2.75) is 12.8 Å². The van der Waals surface area contributed by atoms with E-state index in [1.54, 1.807) is 9.80 Å². The van der Waals surface area contributed by atoms with Gasteiger partial charge in [-0.2, -0.15) is 0 Å². The largest absolute Gasteiger partial charge is 0.382 e. The Bertz CT molecular complexity index is 508. The molecule has 20 heavy (non-hydrogen) atoms. The van der Waals surface area contributed by atoms with Gasteiger partial charge in [0, 0.05) is 27.2 Å². The molecule has 1 fully saturated rings. The lowest BCUT2D eigenvalue weighted by molar-refractivity contribution is -0.129. The quantitative estimate of drug-likeness (QED) is 0.825. The molecule has 0 atom stereocenters. The van der Waals surface area contributed by atoms with Gasteiger partial charge in [0.25, 0.3) is 5.91 Å². The number of carbonyl (C=O) groups is 2. The highest BCUT2D eigenvalue weighted by Crippen LogP contribution is 2.26. The molecule has 0 unspecified atom stereocenters. The predicted molar refractivity (Wildman–Crippen MR) is 79.0 cm³/mol. The highest BCUT2D eigenvalue weighted by Gasteiger charge is 2.21. The second-order valence-corrected chi connectivity index (χ2v) is 5.85. The standard InChI is InChI=1S/C12H19N5O2S/c1-16(2)12-15-10(13)9(20-12)11(19)14-7-8(18)17-5-3-4-6-17/h3-7,13H2,1-2H3,(H,14,19). The summed E-state index contributed by atoms with van der Waals surface area (Å²) in [7, 11) is 3.66. The molecule has 7 nitrogen and oxygen atoms in total. The van der Waals surface area contributed by atoms with Crippen molar-refractivity contribution in [3.05, 3.63) is 4.88 Å². The molecule has 2 heterocycles. The fourth-order valence-corrected chi connectivity index (χ4v) is 2.81. The van der Waals surface area contributed by atoms with Crippen LogP contribution in [0.4, 0.5) is 10.9 Å². The number of aromatic nitrogens is 1. The maximum absolute atomic E-state index is 12.0. The molecule has 3 N–H and O–H groups in total. The van der Waals surface area contributed by atoms with Crippen LogP contribution in [0.2, 0.25) is 0 Å². The lowest BCUT2D eigenvalue weighted by Gasteiger charge is -2.15. The minimum atomic E-state index is -0.347. The Morgan fingerprint density at radius 1 is 1.40 bits per heavy atom. The van der Waals surface area contributed by atoms with Crippen LogP contribution in [0.25, 0.3) is 0 Å². The SMILES string of the molecule is CN(C)c1nc(N)c(C(=O)NCC(=O)N2CCCC2)s1. The molecule has 2 rings (SSSR count). The third-order valence-electron chi connectivity index (χ3n) is 3.09. The Labute approximate surface area is 121 Å². The van der Waals surface area contributed by atoms with Crippen LogP contribution in [-0.4, -0.2) is 55.4 Å². The lowest BCUT2D eigenvalue weighted by atomic mass is 10.4. The van der Waals surface area contributed by atoms with Crippen LogP contribution < -0.4 is 16.0 Å². The monoisotopic (exact) mass is 297 g/mol. The maximum Gasteiger partial charge on any atom is 0.265 e. The first-order valence-electron chi connectivity index (χ1n) is 6.48. The number of nitrogen functional groups attached to an aromatic ring is 1. The number of likely N-dealkylation sites (tertiary alicyclic amines) is 1. The molecule has 110 valence electrons. The van der Waals surface area contributed by atoms with Crippen molar-refractivity contribution < 1.29 is 9.59 Å². The normalized spacial score (nSPS) is 14.4. The van der Waals surface area contributed by atoms with E-state index in [4.69, 9.17) is 5.73 Å². The molecule has 0 bridgehead atoms. The first-order valence-corrected chi connectivity index (χ1v) is 7.30. The number of hydrogen-bond donors (Lipinski definition) is 2.